The summed E-state index contributed by atoms with van der Waals surface area (Å²) in [7, 11) is 0. The highest BCUT2D eigenvalue weighted by Gasteiger charge is 2.41. The van der Waals surface area contributed by atoms with E-state index in [2.05, 4.69) is 18.8 Å². The molecule has 1 fully saturated rings. The van der Waals surface area contributed by atoms with Crippen LogP contribution in [0, 0.1) is 5.41 Å². The molecule has 1 saturated carbocycles. The summed E-state index contributed by atoms with van der Waals surface area (Å²) in [5.74, 6) is 0.954. The summed E-state index contributed by atoms with van der Waals surface area (Å²) in [6, 6.07) is 0. The van der Waals surface area contributed by atoms with E-state index in [0.717, 1.165) is 43.6 Å². The molecule has 4 nitrogen and oxygen atoms in total. The second kappa shape index (κ2) is 5.16. The molecule has 2 aliphatic carbocycles. The highest BCUT2D eigenvalue weighted by atomic mass is 16.5. The van der Waals surface area contributed by atoms with E-state index in [-0.39, 0.29) is 16.8 Å². The van der Waals surface area contributed by atoms with Gasteiger partial charge in [0.2, 0.25) is 0 Å². The zero-order chi connectivity index (χ0) is 15.1. The molecule has 0 radical (unpaired) electrons. The van der Waals surface area contributed by atoms with Gasteiger partial charge >= 0.3 is 0 Å². The first-order valence-corrected chi connectivity index (χ1v) is 7.99. The first kappa shape index (κ1) is 14.6. The van der Waals surface area contributed by atoms with Crippen LogP contribution in [0.25, 0.3) is 0 Å². The zero-order valence-corrected chi connectivity index (χ0v) is 13.2. The molecule has 114 valence electrons. The maximum absolute atomic E-state index is 12.2. The average Bonchev–Trinajstić information content (AvgIpc) is 2.87. The van der Waals surface area contributed by atoms with Gasteiger partial charge in [-0.2, -0.15) is 0 Å². The van der Waals surface area contributed by atoms with Gasteiger partial charge in [-0.15, -0.1) is 0 Å². The second-order valence-electron chi connectivity index (χ2n) is 7.13. The van der Waals surface area contributed by atoms with E-state index in [0.29, 0.717) is 18.6 Å². The van der Waals surface area contributed by atoms with Crippen LogP contribution in [0.1, 0.15) is 74.8 Å². The van der Waals surface area contributed by atoms with Crippen molar-refractivity contribution in [3.63, 3.8) is 0 Å². The lowest BCUT2D eigenvalue weighted by molar-refractivity contribution is -0.0459. The summed E-state index contributed by atoms with van der Waals surface area (Å²) in [5, 5.41) is 0. The van der Waals surface area contributed by atoms with Gasteiger partial charge in [0.1, 0.15) is 5.60 Å². The number of Topliss-reactive ketones (excluding diaryl/α,β-unsaturated/α-hetero) is 1. The third kappa shape index (κ3) is 2.61. The molecule has 0 bridgehead atoms. The molecular formula is C17H24N2O2. The molecule has 1 aromatic rings. The van der Waals surface area contributed by atoms with Gasteiger partial charge in [-0.3, -0.25) is 4.79 Å². The Labute approximate surface area is 126 Å². The summed E-state index contributed by atoms with van der Waals surface area (Å²) in [5.41, 5.74) is 1.29. The zero-order valence-electron chi connectivity index (χ0n) is 13.2. The fraction of sp³-hybridized carbons (Fsp3) is 0.706. The predicted molar refractivity (Wildman–Crippen MR) is 80.2 cm³/mol. The van der Waals surface area contributed by atoms with E-state index < -0.39 is 0 Å². The highest BCUT2D eigenvalue weighted by Crippen LogP contribution is 2.41. The van der Waals surface area contributed by atoms with Gasteiger partial charge in [0.25, 0.3) is 0 Å². The van der Waals surface area contributed by atoms with Crippen molar-refractivity contribution in [1.29, 1.82) is 0 Å². The molecular weight excluding hydrogens is 264 g/mol. The van der Waals surface area contributed by atoms with Gasteiger partial charge < -0.3 is 4.74 Å². The normalized spacial score (nSPS) is 23.1. The second-order valence-corrected chi connectivity index (χ2v) is 7.13. The molecule has 0 spiro atoms. The Bertz CT molecular complexity index is 560. The third-order valence-corrected chi connectivity index (χ3v) is 4.69. The van der Waals surface area contributed by atoms with Crippen molar-refractivity contribution in [1.82, 2.24) is 9.97 Å². The number of fused-ring (bicyclic) bond motifs is 1. The Balaban J connectivity index is 2.01. The van der Waals surface area contributed by atoms with Crippen LogP contribution >= 0.6 is 0 Å². The van der Waals surface area contributed by atoms with Gasteiger partial charge in [-0.25, -0.2) is 9.97 Å². The molecule has 0 atom stereocenters. The maximum atomic E-state index is 12.2. The van der Waals surface area contributed by atoms with Crippen LogP contribution in [-0.4, -0.2) is 22.4 Å². The molecule has 21 heavy (non-hydrogen) atoms. The number of hydrogen-bond donors (Lipinski definition) is 0. The van der Waals surface area contributed by atoms with E-state index in [1.807, 2.05) is 6.92 Å². The minimum absolute atomic E-state index is 0.00976. The number of aromatic nitrogens is 2. The fourth-order valence-corrected chi connectivity index (χ4v) is 3.70. The smallest absolute Gasteiger partial charge is 0.166 e. The Morgan fingerprint density at radius 1 is 1.24 bits per heavy atom. The number of ether oxygens (including phenoxy) is 1. The number of rotatable bonds is 3. The van der Waals surface area contributed by atoms with Crippen LogP contribution in [0.2, 0.25) is 0 Å². The summed E-state index contributed by atoms with van der Waals surface area (Å²) >= 11 is 0. The number of hydrogen-bond acceptors (Lipinski definition) is 4. The van der Waals surface area contributed by atoms with Crippen molar-refractivity contribution in [2.45, 2.75) is 64.9 Å². The summed E-state index contributed by atoms with van der Waals surface area (Å²) in [4.78, 5) is 21.5. The van der Waals surface area contributed by atoms with Crippen LogP contribution in [0.4, 0.5) is 0 Å². The Morgan fingerprint density at radius 3 is 2.62 bits per heavy atom. The predicted octanol–water partition coefficient (Wildman–Crippen LogP) is 3.44. The minimum Gasteiger partial charge on any atom is -0.367 e. The van der Waals surface area contributed by atoms with E-state index in [1.54, 1.807) is 6.20 Å². The van der Waals surface area contributed by atoms with Gasteiger partial charge in [-0.05, 0) is 44.4 Å². The van der Waals surface area contributed by atoms with Crippen LogP contribution in [0.15, 0.2) is 6.20 Å². The van der Waals surface area contributed by atoms with Gasteiger partial charge in [0.05, 0.1) is 11.3 Å². The topological polar surface area (TPSA) is 52.1 Å². The van der Waals surface area contributed by atoms with Gasteiger partial charge in [-0.1, -0.05) is 13.8 Å². The molecule has 0 saturated heterocycles. The molecule has 3 rings (SSSR count). The average molecular weight is 288 g/mol. The highest BCUT2D eigenvalue weighted by molar-refractivity contribution is 5.98. The van der Waals surface area contributed by atoms with Gasteiger partial charge in [0.15, 0.2) is 11.6 Å². The molecule has 0 N–H and O–H groups in total. The largest absolute Gasteiger partial charge is 0.367 e. The molecule has 0 unspecified atom stereocenters. The first-order valence-electron chi connectivity index (χ1n) is 7.99. The van der Waals surface area contributed by atoms with Crippen LogP contribution in [-0.2, 0) is 16.8 Å². The summed E-state index contributed by atoms with van der Waals surface area (Å²) < 4.78 is 6.04. The maximum Gasteiger partial charge on any atom is 0.166 e. The first-order chi connectivity index (χ1) is 9.96. The van der Waals surface area contributed by atoms with E-state index >= 15 is 0 Å². The van der Waals surface area contributed by atoms with Gasteiger partial charge in [0, 0.05) is 19.2 Å². The van der Waals surface area contributed by atoms with Crippen molar-refractivity contribution in [2.24, 2.45) is 5.41 Å². The number of carbonyl (C=O) groups excluding carboxylic acids is 1. The molecule has 4 heteroatoms. The third-order valence-electron chi connectivity index (χ3n) is 4.69. The lowest BCUT2D eigenvalue weighted by Gasteiger charge is -2.32. The lowest BCUT2D eigenvalue weighted by Crippen LogP contribution is -2.33. The molecule has 0 aromatic carbocycles. The SMILES string of the molecule is CCOC1(c2ncc3c(n2)CC(C)(C)CC3=O)CCCC1. The Kier molecular flexibility index (Phi) is 3.60. The van der Waals surface area contributed by atoms with E-state index in [4.69, 9.17) is 9.72 Å². The van der Waals surface area contributed by atoms with Crippen LogP contribution in [0.5, 0.6) is 0 Å². The van der Waals surface area contributed by atoms with E-state index in [1.165, 1.54) is 0 Å². The molecule has 0 aliphatic heterocycles. The minimum atomic E-state index is -0.325. The lowest BCUT2D eigenvalue weighted by atomic mass is 9.76. The molecule has 0 amide bonds. The van der Waals surface area contributed by atoms with Crippen molar-refractivity contribution in [3.05, 3.63) is 23.3 Å². The Morgan fingerprint density at radius 2 is 1.95 bits per heavy atom. The van der Waals surface area contributed by atoms with E-state index in [9.17, 15) is 4.79 Å². The summed E-state index contributed by atoms with van der Waals surface area (Å²) in [6.07, 6.45) is 7.43. The molecule has 1 aromatic heterocycles. The van der Waals surface area contributed by atoms with Crippen LogP contribution in [0.3, 0.4) is 0 Å². The van der Waals surface area contributed by atoms with Crippen molar-refractivity contribution < 1.29 is 9.53 Å². The van der Waals surface area contributed by atoms with Crippen molar-refractivity contribution in [3.8, 4) is 0 Å². The summed E-state index contributed by atoms with van der Waals surface area (Å²) in [6.45, 7) is 6.95. The number of ketones is 1. The monoisotopic (exact) mass is 288 g/mol. The van der Waals surface area contributed by atoms with Crippen molar-refractivity contribution in [2.75, 3.05) is 6.61 Å². The standard InChI is InChI=1S/C17H24N2O2/c1-4-21-17(7-5-6-8-17)15-18-11-12-13(19-15)9-16(2,3)10-14(12)20/h11H,4-10H2,1-3H3. The molecule has 2 aliphatic rings. The van der Waals surface area contributed by atoms with Crippen molar-refractivity contribution >= 4 is 5.78 Å². The Hall–Kier alpha value is -1.29. The molecule has 1 heterocycles. The quantitative estimate of drug-likeness (QED) is 0.855. The van der Waals surface area contributed by atoms with Crippen LogP contribution < -0.4 is 0 Å². The number of carbonyl (C=O) groups is 1. The fourth-order valence-electron chi connectivity index (χ4n) is 3.70. The number of nitrogens with zero attached hydrogens (tertiary/aromatic N) is 2.